The molecule has 0 bridgehead atoms. The third-order valence-corrected chi connectivity index (χ3v) is 5.21. The average molecular weight is 391 g/mol. The average Bonchev–Trinajstić information content (AvgIpc) is 3.11. The summed E-state index contributed by atoms with van der Waals surface area (Å²) in [6.07, 6.45) is 2.89. The number of carbonyl (C=O) groups excluding carboxylic acids is 1. The zero-order chi connectivity index (χ0) is 19.2. The molecule has 27 heavy (non-hydrogen) atoms. The number of hydrogen-bond acceptors (Lipinski definition) is 5. The summed E-state index contributed by atoms with van der Waals surface area (Å²) in [4.78, 5) is 21.1. The maximum absolute atomic E-state index is 12.4. The van der Waals surface area contributed by atoms with E-state index in [2.05, 4.69) is 28.9 Å². The first-order chi connectivity index (χ1) is 13.0. The van der Waals surface area contributed by atoms with Gasteiger partial charge < -0.3 is 9.42 Å². The normalized spacial score (nSPS) is 16.5. The van der Waals surface area contributed by atoms with Crippen molar-refractivity contribution in [2.75, 3.05) is 26.2 Å². The fourth-order valence-electron chi connectivity index (χ4n) is 3.40. The van der Waals surface area contributed by atoms with Gasteiger partial charge in [-0.3, -0.25) is 9.69 Å². The van der Waals surface area contributed by atoms with Crippen molar-refractivity contribution in [3.63, 3.8) is 0 Å². The van der Waals surface area contributed by atoms with Gasteiger partial charge in [-0.15, -0.1) is 0 Å². The van der Waals surface area contributed by atoms with Crippen LogP contribution < -0.4 is 0 Å². The van der Waals surface area contributed by atoms with Gasteiger partial charge in [0.05, 0.1) is 6.54 Å². The Kier molecular flexibility index (Phi) is 6.85. The van der Waals surface area contributed by atoms with Crippen LogP contribution in [0.4, 0.5) is 0 Å². The molecule has 1 fully saturated rings. The van der Waals surface area contributed by atoms with Gasteiger partial charge in [-0.1, -0.05) is 43.4 Å². The van der Waals surface area contributed by atoms with Gasteiger partial charge in [-0.05, 0) is 30.2 Å². The zero-order valence-electron chi connectivity index (χ0n) is 16.0. The third-order valence-electron chi connectivity index (χ3n) is 4.96. The minimum atomic E-state index is 0.276. The van der Waals surface area contributed by atoms with Crippen LogP contribution in [0.5, 0.6) is 0 Å². The van der Waals surface area contributed by atoms with Gasteiger partial charge in [-0.25, -0.2) is 0 Å². The first-order valence-electron chi connectivity index (χ1n) is 9.63. The van der Waals surface area contributed by atoms with Gasteiger partial charge in [-0.2, -0.15) is 4.98 Å². The second kappa shape index (κ2) is 9.33. The van der Waals surface area contributed by atoms with Gasteiger partial charge in [0.2, 0.25) is 17.6 Å². The predicted octanol–water partition coefficient (Wildman–Crippen LogP) is 3.86. The minimum absolute atomic E-state index is 0.276. The largest absolute Gasteiger partial charge is 0.340 e. The molecule has 1 unspecified atom stereocenters. The van der Waals surface area contributed by atoms with Crippen LogP contribution in [0, 0.1) is 5.92 Å². The van der Waals surface area contributed by atoms with Crippen molar-refractivity contribution in [3.8, 4) is 11.4 Å². The number of rotatable bonds is 7. The summed E-state index contributed by atoms with van der Waals surface area (Å²) in [6, 6.07) is 7.37. The second-order valence-corrected chi connectivity index (χ2v) is 7.71. The first kappa shape index (κ1) is 19.8. The molecule has 0 radical (unpaired) electrons. The predicted molar refractivity (Wildman–Crippen MR) is 105 cm³/mol. The molecule has 6 nitrogen and oxygen atoms in total. The number of benzene rings is 1. The Morgan fingerprint density at radius 3 is 2.59 bits per heavy atom. The highest BCUT2D eigenvalue weighted by molar-refractivity contribution is 6.30. The molecular formula is C20H27ClN4O2. The van der Waals surface area contributed by atoms with E-state index in [0.717, 1.165) is 44.6 Å². The van der Waals surface area contributed by atoms with E-state index in [-0.39, 0.29) is 5.91 Å². The monoisotopic (exact) mass is 390 g/mol. The van der Waals surface area contributed by atoms with Crippen LogP contribution in [0.25, 0.3) is 11.4 Å². The number of halogens is 1. The highest BCUT2D eigenvalue weighted by Gasteiger charge is 2.23. The van der Waals surface area contributed by atoms with Crippen LogP contribution in [-0.2, 0) is 11.3 Å². The Balaban J connectivity index is 1.48. The molecule has 146 valence electrons. The lowest BCUT2D eigenvalue weighted by Gasteiger charge is -2.34. The summed E-state index contributed by atoms with van der Waals surface area (Å²) in [6.45, 7) is 8.10. The van der Waals surface area contributed by atoms with Crippen molar-refractivity contribution in [2.24, 2.45) is 5.92 Å². The topological polar surface area (TPSA) is 62.5 Å². The van der Waals surface area contributed by atoms with Crippen LogP contribution in [0.2, 0.25) is 5.02 Å². The summed E-state index contributed by atoms with van der Waals surface area (Å²) in [7, 11) is 0. The van der Waals surface area contributed by atoms with Crippen LogP contribution in [-0.4, -0.2) is 52.0 Å². The van der Waals surface area contributed by atoms with Crippen LogP contribution in [0.3, 0.4) is 0 Å². The van der Waals surface area contributed by atoms with Gasteiger partial charge in [0, 0.05) is 43.2 Å². The van der Waals surface area contributed by atoms with Crippen LogP contribution in [0.1, 0.15) is 39.0 Å². The number of piperazine rings is 1. The van der Waals surface area contributed by atoms with Gasteiger partial charge in [0.1, 0.15) is 0 Å². The maximum Gasteiger partial charge on any atom is 0.241 e. The Labute approximate surface area is 165 Å². The molecule has 2 aromatic rings. The molecular weight excluding hydrogens is 364 g/mol. The molecule has 1 amide bonds. The number of carbonyl (C=O) groups is 1. The van der Waals surface area contributed by atoms with Crippen LogP contribution >= 0.6 is 11.6 Å². The van der Waals surface area contributed by atoms with E-state index >= 15 is 0 Å². The summed E-state index contributed by atoms with van der Waals surface area (Å²) < 4.78 is 5.39. The molecule has 0 N–H and O–H groups in total. The number of nitrogens with zero attached hydrogens (tertiary/aromatic N) is 4. The smallest absolute Gasteiger partial charge is 0.241 e. The molecule has 1 saturated heterocycles. The van der Waals surface area contributed by atoms with E-state index in [1.807, 2.05) is 29.2 Å². The van der Waals surface area contributed by atoms with Crippen molar-refractivity contribution < 1.29 is 9.32 Å². The molecule has 7 heteroatoms. The quantitative estimate of drug-likeness (QED) is 0.718. The summed E-state index contributed by atoms with van der Waals surface area (Å²) in [5, 5.41) is 4.73. The van der Waals surface area contributed by atoms with Gasteiger partial charge in [0.15, 0.2) is 0 Å². The van der Waals surface area contributed by atoms with Crippen LogP contribution in [0.15, 0.2) is 28.8 Å². The number of amides is 1. The van der Waals surface area contributed by atoms with Crippen molar-refractivity contribution in [3.05, 3.63) is 35.2 Å². The summed E-state index contributed by atoms with van der Waals surface area (Å²) in [5.41, 5.74) is 0.881. The first-order valence-corrected chi connectivity index (χ1v) is 10.0. The molecule has 1 aliphatic heterocycles. The lowest BCUT2D eigenvalue weighted by molar-refractivity contribution is -0.134. The lowest BCUT2D eigenvalue weighted by atomic mass is 10.0. The number of aromatic nitrogens is 2. The Bertz CT molecular complexity index is 739. The molecule has 0 spiro atoms. The Morgan fingerprint density at radius 1 is 1.22 bits per heavy atom. The SMILES string of the molecule is CCCC(C)CC(=O)N1CCN(Cc2nc(-c3ccc(Cl)cc3)no2)CC1. The second-order valence-electron chi connectivity index (χ2n) is 7.27. The zero-order valence-corrected chi connectivity index (χ0v) is 16.8. The standard InChI is InChI=1S/C20H27ClN4O2/c1-3-4-15(2)13-19(26)25-11-9-24(10-12-25)14-18-22-20(23-27-18)16-5-7-17(21)8-6-16/h5-8,15H,3-4,9-14H2,1-2H3. The maximum atomic E-state index is 12.4. The van der Waals surface area contributed by atoms with Crippen molar-refractivity contribution in [1.82, 2.24) is 19.9 Å². The van der Waals surface area contributed by atoms with Crippen molar-refractivity contribution in [2.45, 2.75) is 39.7 Å². The fraction of sp³-hybridized carbons (Fsp3) is 0.550. The molecule has 0 aliphatic carbocycles. The van der Waals surface area contributed by atoms with Gasteiger partial charge in [0.25, 0.3) is 0 Å². The summed E-state index contributed by atoms with van der Waals surface area (Å²) in [5.74, 6) is 1.90. The Morgan fingerprint density at radius 2 is 1.93 bits per heavy atom. The van der Waals surface area contributed by atoms with E-state index in [1.165, 1.54) is 0 Å². The molecule has 1 aromatic carbocycles. The molecule has 1 atom stereocenters. The highest BCUT2D eigenvalue weighted by Crippen LogP contribution is 2.19. The molecule has 1 aliphatic rings. The lowest BCUT2D eigenvalue weighted by Crippen LogP contribution is -2.48. The highest BCUT2D eigenvalue weighted by atomic mass is 35.5. The molecule has 1 aromatic heterocycles. The van der Waals surface area contributed by atoms with E-state index in [1.54, 1.807) is 0 Å². The van der Waals surface area contributed by atoms with E-state index in [0.29, 0.717) is 35.6 Å². The minimum Gasteiger partial charge on any atom is -0.340 e. The van der Waals surface area contributed by atoms with Gasteiger partial charge >= 0.3 is 0 Å². The molecule has 2 heterocycles. The Hall–Kier alpha value is -1.92. The molecule has 3 rings (SSSR count). The fourth-order valence-corrected chi connectivity index (χ4v) is 3.53. The van der Waals surface area contributed by atoms with E-state index in [4.69, 9.17) is 16.1 Å². The molecule has 0 saturated carbocycles. The van der Waals surface area contributed by atoms with E-state index < -0.39 is 0 Å². The summed E-state index contributed by atoms with van der Waals surface area (Å²) >= 11 is 5.91. The number of hydrogen-bond donors (Lipinski definition) is 0. The third kappa shape index (κ3) is 5.53. The van der Waals surface area contributed by atoms with E-state index in [9.17, 15) is 4.79 Å². The van der Waals surface area contributed by atoms with Crippen molar-refractivity contribution >= 4 is 17.5 Å². The van der Waals surface area contributed by atoms with Crippen molar-refractivity contribution in [1.29, 1.82) is 0 Å².